The summed E-state index contributed by atoms with van der Waals surface area (Å²) in [5.41, 5.74) is 2.36. The van der Waals surface area contributed by atoms with E-state index >= 15 is 0 Å². The molecule has 170 valence electrons. The second kappa shape index (κ2) is 8.44. The van der Waals surface area contributed by atoms with E-state index in [9.17, 15) is 9.59 Å². The summed E-state index contributed by atoms with van der Waals surface area (Å²) in [5, 5.41) is 0.804. The number of ether oxygens (including phenoxy) is 4. The van der Waals surface area contributed by atoms with Gasteiger partial charge in [0.25, 0.3) is 0 Å². The van der Waals surface area contributed by atoms with Crippen molar-refractivity contribution in [3.8, 4) is 23.0 Å². The molecule has 0 unspecified atom stereocenters. The quantitative estimate of drug-likeness (QED) is 0.220. The molecule has 1 aromatic heterocycles. The highest BCUT2D eigenvalue weighted by Gasteiger charge is 2.30. The van der Waals surface area contributed by atoms with E-state index in [1.807, 2.05) is 18.2 Å². The first-order valence-corrected chi connectivity index (χ1v) is 10.5. The van der Waals surface area contributed by atoms with Crippen molar-refractivity contribution in [2.45, 2.75) is 6.92 Å². The molecule has 4 aromatic rings. The molecule has 0 bridgehead atoms. The van der Waals surface area contributed by atoms with Crippen molar-refractivity contribution in [3.05, 3.63) is 88.9 Å². The number of ketones is 1. The van der Waals surface area contributed by atoms with Gasteiger partial charge in [-0.3, -0.25) is 4.79 Å². The predicted octanol–water partition coefficient (Wildman–Crippen LogP) is 5.59. The molecule has 0 aliphatic carbocycles. The Morgan fingerprint density at radius 1 is 0.941 bits per heavy atom. The highest BCUT2D eigenvalue weighted by Crippen LogP contribution is 2.38. The Bertz CT molecular complexity index is 1440. The van der Waals surface area contributed by atoms with Crippen LogP contribution in [-0.2, 0) is 0 Å². The Labute approximate surface area is 195 Å². The van der Waals surface area contributed by atoms with Crippen LogP contribution in [0.5, 0.6) is 23.0 Å². The first kappa shape index (κ1) is 21.3. The predicted molar refractivity (Wildman–Crippen MR) is 125 cm³/mol. The number of Topliss-reactive ketones (excluding diaryl/α,β-unsaturated/α-hetero) is 1. The minimum absolute atomic E-state index is 0.0883. The Hall–Kier alpha value is -4.52. The van der Waals surface area contributed by atoms with Crippen molar-refractivity contribution in [2.75, 3.05) is 14.2 Å². The van der Waals surface area contributed by atoms with Gasteiger partial charge in [-0.15, -0.1) is 0 Å². The lowest BCUT2D eigenvalue weighted by Crippen LogP contribution is -2.07. The van der Waals surface area contributed by atoms with Crippen molar-refractivity contribution in [1.82, 2.24) is 0 Å². The average molecular weight is 456 g/mol. The molecule has 7 heteroatoms. The number of carbonyl (C=O) groups is 2. The average Bonchev–Trinajstić information content (AvgIpc) is 3.40. The van der Waals surface area contributed by atoms with Crippen molar-refractivity contribution >= 4 is 28.8 Å². The second-order valence-electron chi connectivity index (χ2n) is 7.71. The van der Waals surface area contributed by atoms with Crippen LogP contribution in [0.25, 0.3) is 17.0 Å². The summed E-state index contributed by atoms with van der Waals surface area (Å²) in [7, 11) is 3.09. The molecular weight excluding hydrogens is 436 g/mol. The van der Waals surface area contributed by atoms with Crippen LogP contribution in [0.15, 0.2) is 70.8 Å². The van der Waals surface area contributed by atoms with Gasteiger partial charge >= 0.3 is 5.97 Å². The highest BCUT2D eigenvalue weighted by molar-refractivity contribution is 6.15. The van der Waals surface area contributed by atoms with Crippen LogP contribution >= 0.6 is 0 Å². The van der Waals surface area contributed by atoms with Crippen molar-refractivity contribution in [1.29, 1.82) is 0 Å². The molecule has 7 nitrogen and oxygen atoms in total. The van der Waals surface area contributed by atoms with Gasteiger partial charge in [-0.1, -0.05) is 24.3 Å². The van der Waals surface area contributed by atoms with Gasteiger partial charge in [0.05, 0.1) is 19.8 Å². The SMILES string of the molecule is COc1ccc(/C=C2\Oc3cc(OC(=O)c4cc5ccccc5o4)cc(C)c3C2=O)cc1OC. The number of rotatable bonds is 5. The van der Waals surface area contributed by atoms with Crippen LogP contribution in [-0.4, -0.2) is 26.0 Å². The molecule has 34 heavy (non-hydrogen) atoms. The Morgan fingerprint density at radius 3 is 2.50 bits per heavy atom. The number of aryl methyl sites for hydroxylation is 1. The van der Waals surface area contributed by atoms with E-state index < -0.39 is 5.97 Å². The molecule has 0 fully saturated rings. The number of methoxy groups -OCH3 is 2. The fraction of sp³-hybridized carbons (Fsp3) is 0.111. The summed E-state index contributed by atoms with van der Waals surface area (Å²) in [6.45, 7) is 1.76. The van der Waals surface area contributed by atoms with Crippen LogP contribution in [0.4, 0.5) is 0 Å². The summed E-state index contributed by atoms with van der Waals surface area (Å²) in [6.07, 6.45) is 1.63. The van der Waals surface area contributed by atoms with Gasteiger partial charge in [0.1, 0.15) is 17.1 Å². The molecule has 5 rings (SSSR count). The summed E-state index contributed by atoms with van der Waals surface area (Å²) in [6, 6.07) is 17.4. The number of hydrogen-bond acceptors (Lipinski definition) is 7. The van der Waals surface area contributed by atoms with E-state index in [1.165, 1.54) is 6.07 Å². The lowest BCUT2D eigenvalue weighted by molar-refractivity contribution is 0.0703. The first-order valence-electron chi connectivity index (χ1n) is 10.5. The number of carbonyl (C=O) groups excluding carboxylic acids is 2. The van der Waals surface area contributed by atoms with E-state index in [1.54, 1.807) is 63.6 Å². The van der Waals surface area contributed by atoms with Crippen LogP contribution < -0.4 is 18.9 Å². The zero-order chi connectivity index (χ0) is 23.8. The van der Waals surface area contributed by atoms with E-state index in [0.29, 0.717) is 39.5 Å². The van der Waals surface area contributed by atoms with Gasteiger partial charge in [-0.25, -0.2) is 4.79 Å². The molecule has 1 aliphatic rings. The number of hydrogen-bond donors (Lipinski definition) is 0. The Morgan fingerprint density at radius 2 is 1.74 bits per heavy atom. The number of para-hydroxylation sites is 1. The zero-order valence-corrected chi connectivity index (χ0v) is 18.7. The largest absolute Gasteiger partial charge is 0.493 e. The summed E-state index contributed by atoms with van der Waals surface area (Å²) in [4.78, 5) is 25.6. The normalized spacial score (nSPS) is 13.6. The van der Waals surface area contributed by atoms with E-state index in [0.717, 1.165) is 5.39 Å². The number of benzene rings is 3. The first-order chi connectivity index (χ1) is 16.5. The summed E-state index contributed by atoms with van der Waals surface area (Å²) in [5.74, 6) is 1.05. The Balaban J connectivity index is 1.41. The molecule has 0 radical (unpaired) electrons. The van der Waals surface area contributed by atoms with Crippen LogP contribution in [0, 0.1) is 6.92 Å². The molecular formula is C27H20O7. The van der Waals surface area contributed by atoms with Crippen molar-refractivity contribution in [3.63, 3.8) is 0 Å². The molecule has 1 aliphatic heterocycles. The molecule has 0 amide bonds. The topological polar surface area (TPSA) is 84.2 Å². The smallest absolute Gasteiger partial charge is 0.379 e. The van der Waals surface area contributed by atoms with Crippen molar-refractivity contribution < 1.29 is 33.0 Å². The lowest BCUT2D eigenvalue weighted by Gasteiger charge is -2.08. The molecule has 0 saturated heterocycles. The molecule has 3 aromatic carbocycles. The third-order valence-corrected chi connectivity index (χ3v) is 5.49. The zero-order valence-electron chi connectivity index (χ0n) is 18.7. The number of esters is 1. The fourth-order valence-electron chi connectivity index (χ4n) is 3.87. The Kier molecular flexibility index (Phi) is 5.30. The monoisotopic (exact) mass is 456 g/mol. The molecule has 0 spiro atoms. The van der Waals surface area contributed by atoms with E-state index in [2.05, 4.69) is 0 Å². The highest BCUT2D eigenvalue weighted by atomic mass is 16.5. The number of allylic oxidation sites excluding steroid dienone is 1. The minimum Gasteiger partial charge on any atom is -0.493 e. The lowest BCUT2D eigenvalue weighted by atomic mass is 10.0. The van der Waals surface area contributed by atoms with E-state index in [4.69, 9.17) is 23.4 Å². The maximum absolute atomic E-state index is 13.0. The third kappa shape index (κ3) is 3.77. The van der Waals surface area contributed by atoms with Gasteiger partial charge in [0, 0.05) is 11.5 Å². The number of furan rings is 1. The van der Waals surface area contributed by atoms with Crippen molar-refractivity contribution in [2.24, 2.45) is 0 Å². The van der Waals surface area contributed by atoms with Gasteiger partial charge in [0.2, 0.25) is 11.5 Å². The van der Waals surface area contributed by atoms with E-state index in [-0.39, 0.29) is 23.1 Å². The maximum atomic E-state index is 13.0. The standard InChI is InChI=1S/C27H20O7/c1-15-10-18(32-27(29)24-13-17-6-4-5-7-19(17)33-24)14-22-25(15)26(28)23(34-22)12-16-8-9-20(30-2)21(11-16)31-3/h4-14H,1-3H3/b23-12-. The second-order valence-corrected chi connectivity index (χ2v) is 7.71. The van der Waals surface area contributed by atoms with Gasteiger partial charge in [0.15, 0.2) is 17.3 Å². The van der Waals surface area contributed by atoms with Gasteiger partial charge in [-0.05, 0) is 54.5 Å². The third-order valence-electron chi connectivity index (χ3n) is 5.49. The molecule has 2 heterocycles. The number of fused-ring (bicyclic) bond motifs is 2. The maximum Gasteiger partial charge on any atom is 0.379 e. The summed E-state index contributed by atoms with van der Waals surface area (Å²) >= 11 is 0. The van der Waals surface area contributed by atoms with Gasteiger partial charge < -0.3 is 23.4 Å². The summed E-state index contributed by atoms with van der Waals surface area (Å²) < 4.78 is 27.5. The van der Waals surface area contributed by atoms with Gasteiger partial charge in [-0.2, -0.15) is 0 Å². The van der Waals surface area contributed by atoms with Crippen LogP contribution in [0.3, 0.4) is 0 Å². The molecule has 0 N–H and O–H groups in total. The van der Waals surface area contributed by atoms with Crippen LogP contribution in [0.2, 0.25) is 0 Å². The molecule has 0 saturated carbocycles. The van der Waals surface area contributed by atoms with Crippen LogP contribution in [0.1, 0.15) is 32.0 Å². The minimum atomic E-state index is -0.638. The fourth-order valence-corrected chi connectivity index (χ4v) is 3.87. The molecule has 0 atom stereocenters.